The maximum Gasteiger partial charge on any atom is 0.317 e. The Kier molecular flexibility index (Phi) is 21.6. The molecular formula is C63H103NO23. The van der Waals surface area contributed by atoms with E-state index in [1.165, 1.54) is 6.92 Å². The van der Waals surface area contributed by atoms with Gasteiger partial charge < -0.3 is 109 Å². The molecule has 87 heavy (non-hydrogen) atoms. The Hall–Kier alpha value is -2.41. The number of aldehydes is 1. The van der Waals surface area contributed by atoms with Gasteiger partial charge in [0.15, 0.2) is 25.0 Å². The average Bonchev–Trinajstić information content (AvgIpc) is 0.957. The second-order valence-corrected chi connectivity index (χ2v) is 29.0. The van der Waals surface area contributed by atoms with Crippen LogP contribution in [0.25, 0.3) is 0 Å². The molecule has 24 nitrogen and oxygen atoms in total. The van der Waals surface area contributed by atoms with Gasteiger partial charge in [0.1, 0.15) is 78.8 Å². The number of carbonyl (C=O) groups excluding carboxylic acids is 3. The Morgan fingerprint density at radius 2 is 1.28 bits per heavy atom. The van der Waals surface area contributed by atoms with Crippen LogP contribution in [0.3, 0.4) is 0 Å². The lowest BCUT2D eigenvalue weighted by Gasteiger charge is -2.71. The number of allylic oxidation sites excluding steroid dienone is 2. The summed E-state index contributed by atoms with van der Waals surface area (Å²) in [6.45, 7) is 13.1. The third kappa shape index (κ3) is 12.8. The predicted molar refractivity (Wildman–Crippen MR) is 306 cm³/mol. The molecule has 1 amide bonds. The maximum atomic E-state index is 15.7. The van der Waals surface area contributed by atoms with Gasteiger partial charge in [-0.05, 0) is 117 Å². The summed E-state index contributed by atoms with van der Waals surface area (Å²) in [4.78, 5) is 42.3. The summed E-state index contributed by atoms with van der Waals surface area (Å²) >= 11 is 0. The lowest BCUT2D eigenvalue weighted by molar-refractivity contribution is -0.370. The molecule has 4 saturated carbocycles. The van der Waals surface area contributed by atoms with E-state index in [1.807, 2.05) is 6.92 Å². The monoisotopic (exact) mass is 1240 g/mol. The van der Waals surface area contributed by atoms with Crippen molar-refractivity contribution < 1.29 is 114 Å². The van der Waals surface area contributed by atoms with Crippen molar-refractivity contribution in [2.75, 3.05) is 26.4 Å². The van der Waals surface area contributed by atoms with Crippen molar-refractivity contribution in [3.63, 3.8) is 0 Å². The summed E-state index contributed by atoms with van der Waals surface area (Å²) in [6.07, 6.45) is -13.2. The molecular weight excluding hydrogens is 1140 g/mol. The van der Waals surface area contributed by atoms with Gasteiger partial charge in [-0.2, -0.15) is 0 Å². The number of aliphatic hydroxyl groups is 12. The highest BCUT2D eigenvalue weighted by Crippen LogP contribution is 2.76. The summed E-state index contributed by atoms with van der Waals surface area (Å²) in [5, 5.41) is 134. The van der Waals surface area contributed by atoms with Crippen molar-refractivity contribution in [2.45, 2.75) is 287 Å². The first-order valence-electron chi connectivity index (χ1n) is 32.3. The Labute approximate surface area is 510 Å². The number of hydrogen-bond acceptors (Lipinski definition) is 23. The second-order valence-electron chi connectivity index (χ2n) is 29.0. The van der Waals surface area contributed by atoms with Gasteiger partial charge in [-0.15, -0.1) is 0 Å². The molecule has 0 aromatic rings. The number of unbranched alkanes of at least 4 members (excludes halogenated alkanes) is 7. The number of nitrogens with one attached hydrogen (secondary N) is 1. The van der Waals surface area contributed by atoms with Gasteiger partial charge in [-0.3, -0.25) is 9.59 Å². The van der Waals surface area contributed by atoms with Crippen molar-refractivity contribution >= 4 is 18.2 Å². The van der Waals surface area contributed by atoms with Crippen molar-refractivity contribution in [1.29, 1.82) is 0 Å². The summed E-state index contributed by atoms with van der Waals surface area (Å²) in [5.41, 5.74) is -2.95. The summed E-state index contributed by atoms with van der Waals surface area (Å²) in [6, 6.07) is -1.38. The van der Waals surface area contributed by atoms with Crippen LogP contribution in [-0.4, -0.2) is 229 Å². The highest BCUT2D eigenvalue weighted by molar-refractivity contribution is 5.80. The first-order valence-corrected chi connectivity index (χ1v) is 32.3. The normalized spacial score (nSPS) is 48.6. The smallest absolute Gasteiger partial charge is 0.317 e. The van der Waals surface area contributed by atoms with E-state index in [1.54, 1.807) is 0 Å². The average molecular weight is 1240 g/mol. The molecule has 28 atom stereocenters. The van der Waals surface area contributed by atoms with Crippen LogP contribution in [0, 0.1) is 50.2 Å². The lowest BCUT2D eigenvalue weighted by atomic mass is 9.33. The van der Waals surface area contributed by atoms with Crippen LogP contribution in [0.5, 0.6) is 0 Å². The van der Waals surface area contributed by atoms with Crippen LogP contribution >= 0.6 is 0 Å². The zero-order valence-electron chi connectivity index (χ0n) is 51.8. The van der Waals surface area contributed by atoms with E-state index in [0.29, 0.717) is 58.0 Å². The van der Waals surface area contributed by atoms with E-state index in [-0.39, 0.29) is 47.3 Å². The number of hydrogen-bond donors (Lipinski definition) is 13. The minimum absolute atomic E-state index is 0.0439. The second kappa shape index (κ2) is 27.3. The molecule has 13 N–H and O–H groups in total. The van der Waals surface area contributed by atoms with Crippen LogP contribution in [0.15, 0.2) is 11.6 Å². The molecule has 16 unspecified atom stereocenters. The third-order valence-electron chi connectivity index (χ3n) is 23.3. The Balaban J connectivity index is 0.901. The number of fused-ring (bicyclic) bond motifs is 7. The van der Waals surface area contributed by atoms with Crippen LogP contribution in [0.2, 0.25) is 0 Å². The van der Waals surface area contributed by atoms with Crippen molar-refractivity contribution in [3.05, 3.63) is 11.6 Å². The molecule has 498 valence electrons. The molecule has 4 heterocycles. The van der Waals surface area contributed by atoms with Gasteiger partial charge in [-0.1, -0.05) is 91.7 Å². The Bertz CT molecular complexity index is 2390. The van der Waals surface area contributed by atoms with E-state index in [4.69, 9.17) is 37.9 Å². The quantitative estimate of drug-likeness (QED) is 0.0312. The van der Waals surface area contributed by atoms with Crippen LogP contribution in [0.1, 0.15) is 164 Å². The number of aliphatic hydroxyl groups excluding tert-OH is 12. The van der Waals surface area contributed by atoms with E-state index < -0.39 is 177 Å². The molecule has 0 aromatic heterocycles. The topological polar surface area (TPSA) is 380 Å². The number of amides is 1. The number of carbonyl (C=O) groups is 3. The summed E-state index contributed by atoms with van der Waals surface area (Å²) in [7, 11) is 0. The molecule has 4 saturated heterocycles. The number of ether oxygens (including phenoxy) is 8. The third-order valence-corrected chi connectivity index (χ3v) is 23.3. The molecule has 5 aliphatic carbocycles. The zero-order valence-corrected chi connectivity index (χ0v) is 51.8. The van der Waals surface area contributed by atoms with E-state index in [9.17, 15) is 70.9 Å². The zero-order chi connectivity index (χ0) is 63.3. The van der Waals surface area contributed by atoms with Gasteiger partial charge in [0, 0.05) is 13.0 Å². The fourth-order valence-electron chi connectivity index (χ4n) is 17.7. The summed E-state index contributed by atoms with van der Waals surface area (Å²) < 4.78 is 47.5. The molecule has 9 rings (SSSR count). The standard InChI is InChI=1S/C63H103NO23/c1-32-51(85-54-48(76)44(72)35(68)30-81-54)47(75)50(78)55(82-32)86-52-46(74)43(64-42(71)16-14-12-10-8-9-11-13-15-25-80-53-49(77)45(73)37(29-66)84-53)36(28-65)83-56(52)87-57(79)63-24-23-58(2,3)26-34(63)33-17-18-39-59(4)21-20-40(69)60(5,31-67)38(59)19-22-61(39,6)62(33,7)27-41(63)70/h17,31-32,34-41,43-56,65-66,68-70,72-78H,8-16,18-30H2,1-7H3,(H,64,71)/t32?,34?,35-,36?,37+,38-,39?,40+,41-,43+,44?,45?,46?,47?,48?,49?,50?,51+,52?,53-,54+,55+,56+,59?,60?,61?,62?,63-/m1/s1. The Morgan fingerprint density at radius 1 is 0.644 bits per heavy atom. The number of rotatable bonds is 22. The van der Waals surface area contributed by atoms with E-state index in [2.05, 4.69) is 46.0 Å². The van der Waals surface area contributed by atoms with Crippen molar-refractivity contribution in [2.24, 2.45) is 50.2 Å². The van der Waals surface area contributed by atoms with E-state index in [0.717, 1.165) is 56.8 Å². The van der Waals surface area contributed by atoms with E-state index >= 15 is 4.79 Å². The molecule has 0 spiro atoms. The lowest BCUT2D eigenvalue weighted by Crippen LogP contribution is -2.69. The molecule has 4 aliphatic heterocycles. The minimum atomic E-state index is -1.96. The molecule has 0 bridgehead atoms. The molecule has 0 radical (unpaired) electrons. The Morgan fingerprint density at radius 3 is 1.94 bits per heavy atom. The van der Waals surface area contributed by atoms with Gasteiger partial charge in [0.25, 0.3) is 0 Å². The van der Waals surface area contributed by atoms with Crippen molar-refractivity contribution in [3.8, 4) is 0 Å². The highest BCUT2D eigenvalue weighted by atomic mass is 16.8. The maximum absolute atomic E-state index is 15.7. The SMILES string of the molecule is CC1O[C@@H](OC2C(O)[C@@H](NC(=O)CCCCCCCCCCO[C@@H]3O[C@@H](CO)C(O)C3O)C(CO)O[C@H]2OC(=O)[C@]23CCC(C)(C)CC2C2=CCC4C5(C)CC[C@H](O)C(C)(C=O)[C@@H]5CCC4(C)C2(C)C[C@H]3O)C(O)C(O)[C@H]1O[C@@H]1OC[C@@H](O)C(O)C1O. The highest BCUT2D eigenvalue weighted by Gasteiger charge is 2.72. The van der Waals surface area contributed by atoms with Gasteiger partial charge in [0.05, 0.1) is 49.6 Å². The first kappa shape index (κ1) is 68.9. The molecule has 9 aliphatic rings. The fourth-order valence-corrected chi connectivity index (χ4v) is 17.7. The fraction of sp³-hybridized carbons (Fsp3) is 0.921. The van der Waals surface area contributed by atoms with Crippen LogP contribution in [0.4, 0.5) is 0 Å². The van der Waals surface area contributed by atoms with Gasteiger partial charge >= 0.3 is 5.97 Å². The van der Waals surface area contributed by atoms with Gasteiger partial charge in [-0.25, -0.2) is 0 Å². The molecule has 24 heteroatoms. The number of esters is 1. The molecule has 8 fully saturated rings. The van der Waals surface area contributed by atoms with Crippen LogP contribution < -0.4 is 5.32 Å². The van der Waals surface area contributed by atoms with Crippen molar-refractivity contribution in [1.82, 2.24) is 5.32 Å². The largest absolute Gasteiger partial charge is 0.432 e. The van der Waals surface area contributed by atoms with Gasteiger partial charge in [0.2, 0.25) is 12.2 Å². The minimum Gasteiger partial charge on any atom is -0.432 e. The predicted octanol–water partition coefficient (Wildman–Crippen LogP) is 1.05. The van der Waals surface area contributed by atoms with Crippen LogP contribution in [-0.2, 0) is 52.3 Å². The first-order chi connectivity index (χ1) is 41.1. The summed E-state index contributed by atoms with van der Waals surface area (Å²) in [5.74, 6) is -1.80. The molecule has 0 aromatic carbocycles.